The molecule has 2 aromatic rings. The Balaban J connectivity index is 1.51. The fourth-order valence-electron chi connectivity index (χ4n) is 2.77. The molecule has 0 radical (unpaired) electrons. The predicted molar refractivity (Wildman–Crippen MR) is 101 cm³/mol. The molecule has 0 atom stereocenters. The number of hydrogen-bond acceptors (Lipinski definition) is 6. The van der Waals surface area contributed by atoms with Crippen LogP contribution in [-0.4, -0.2) is 62.7 Å². The summed E-state index contributed by atoms with van der Waals surface area (Å²) in [6, 6.07) is 11.0. The van der Waals surface area contributed by atoms with Crippen LogP contribution in [0.25, 0.3) is 0 Å². The number of nitrogens with zero attached hydrogens (tertiary/aromatic N) is 3. The number of carbonyl (C=O) groups excluding carboxylic acids is 1. The number of nitrogens with one attached hydrogen (secondary N) is 1. The number of carbonyl (C=O) groups is 1. The Morgan fingerprint density at radius 1 is 1.12 bits per heavy atom. The predicted octanol–water partition coefficient (Wildman–Crippen LogP) is 1.86. The van der Waals surface area contributed by atoms with E-state index in [4.69, 9.17) is 9.47 Å². The number of aromatic nitrogens is 1. The van der Waals surface area contributed by atoms with E-state index in [1.54, 1.807) is 25.4 Å². The van der Waals surface area contributed by atoms with Crippen molar-refractivity contribution >= 4 is 17.4 Å². The molecular formula is C19H24N4O3. The minimum absolute atomic E-state index is 0.109. The van der Waals surface area contributed by atoms with Crippen LogP contribution in [0.2, 0.25) is 0 Å². The molecule has 26 heavy (non-hydrogen) atoms. The lowest BCUT2D eigenvalue weighted by atomic mass is 10.3. The zero-order valence-corrected chi connectivity index (χ0v) is 15.1. The highest BCUT2D eigenvalue weighted by atomic mass is 16.5. The molecule has 1 aromatic heterocycles. The topological polar surface area (TPSA) is 66.9 Å². The van der Waals surface area contributed by atoms with Gasteiger partial charge in [-0.2, -0.15) is 0 Å². The summed E-state index contributed by atoms with van der Waals surface area (Å²) in [6.45, 7) is 3.94. The zero-order valence-electron chi connectivity index (χ0n) is 15.1. The monoisotopic (exact) mass is 356 g/mol. The van der Waals surface area contributed by atoms with E-state index in [0.717, 1.165) is 31.9 Å². The van der Waals surface area contributed by atoms with E-state index < -0.39 is 0 Å². The Morgan fingerprint density at radius 2 is 1.85 bits per heavy atom. The summed E-state index contributed by atoms with van der Waals surface area (Å²) < 4.78 is 10.7. The van der Waals surface area contributed by atoms with Crippen LogP contribution in [0.4, 0.5) is 11.5 Å². The van der Waals surface area contributed by atoms with Crippen molar-refractivity contribution in [2.24, 2.45) is 0 Å². The van der Waals surface area contributed by atoms with Gasteiger partial charge in [-0.3, -0.25) is 4.79 Å². The Kier molecular flexibility index (Phi) is 5.91. The van der Waals surface area contributed by atoms with Crippen molar-refractivity contribution in [3.8, 4) is 11.5 Å². The van der Waals surface area contributed by atoms with Gasteiger partial charge >= 0.3 is 0 Å². The van der Waals surface area contributed by atoms with Crippen LogP contribution in [0.15, 0.2) is 42.6 Å². The van der Waals surface area contributed by atoms with E-state index in [2.05, 4.69) is 27.1 Å². The molecule has 1 saturated heterocycles. The van der Waals surface area contributed by atoms with E-state index in [9.17, 15) is 4.79 Å². The molecule has 138 valence electrons. The number of ether oxygens (including phenoxy) is 2. The standard InChI is InChI=1S/C19H24N4O3/c1-22-9-11-23(12-10-22)15-7-8-18(20-13-15)21-19(24)14-26-17-6-4-3-5-16(17)25-2/h3-8,13H,9-12,14H2,1-2H3,(H,20,21,24). The van der Waals surface area contributed by atoms with Crippen LogP contribution in [0.1, 0.15) is 0 Å². The maximum Gasteiger partial charge on any atom is 0.263 e. The molecule has 1 aromatic carbocycles. The van der Waals surface area contributed by atoms with Gasteiger partial charge in [0.25, 0.3) is 5.91 Å². The molecular weight excluding hydrogens is 332 g/mol. The van der Waals surface area contributed by atoms with Crippen LogP contribution in [0, 0.1) is 0 Å². The van der Waals surface area contributed by atoms with Crippen LogP contribution >= 0.6 is 0 Å². The lowest BCUT2D eigenvalue weighted by molar-refractivity contribution is -0.118. The van der Waals surface area contributed by atoms with Crippen LogP contribution in [-0.2, 0) is 4.79 Å². The average molecular weight is 356 g/mol. The van der Waals surface area contributed by atoms with Crippen molar-refractivity contribution in [1.29, 1.82) is 0 Å². The number of anilines is 2. The van der Waals surface area contributed by atoms with Crippen LogP contribution in [0.5, 0.6) is 11.5 Å². The molecule has 7 nitrogen and oxygen atoms in total. The third-order valence-electron chi connectivity index (χ3n) is 4.31. The summed E-state index contributed by atoms with van der Waals surface area (Å²) in [4.78, 5) is 21.0. The molecule has 0 spiro atoms. The third kappa shape index (κ3) is 4.64. The van der Waals surface area contributed by atoms with E-state index in [1.807, 2.05) is 24.3 Å². The Hall–Kier alpha value is -2.80. The molecule has 0 unspecified atom stereocenters. The lowest BCUT2D eigenvalue weighted by Crippen LogP contribution is -2.44. The van der Waals surface area contributed by atoms with Crippen molar-refractivity contribution in [2.75, 3.05) is 57.2 Å². The van der Waals surface area contributed by atoms with Gasteiger partial charge in [-0.25, -0.2) is 4.98 Å². The van der Waals surface area contributed by atoms with Gasteiger partial charge in [0.2, 0.25) is 0 Å². The fraction of sp³-hybridized carbons (Fsp3) is 0.368. The van der Waals surface area contributed by atoms with Crippen molar-refractivity contribution < 1.29 is 14.3 Å². The molecule has 3 rings (SSSR count). The van der Waals surface area contributed by atoms with Gasteiger partial charge in [0, 0.05) is 26.2 Å². The minimum atomic E-state index is -0.268. The van der Waals surface area contributed by atoms with Gasteiger partial charge in [0.15, 0.2) is 18.1 Å². The first-order valence-electron chi connectivity index (χ1n) is 8.61. The van der Waals surface area contributed by atoms with Crippen LogP contribution < -0.4 is 19.7 Å². The van der Waals surface area contributed by atoms with Crippen LogP contribution in [0.3, 0.4) is 0 Å². The molecule has 1 fully saturated rings. The molecule has 1 N–H and O–H groups in total. The van der Waals surface area contributed by atoms with Crippen molar-refractivity contribution in [3.05, 3.63) is 42.6 Å². The number of methoxy groups -OCH3 is 1. The Morgan fingerprint density at radius 3 is 2.50 bits per heavy atom. The number of para-hydroxylation sites is 2. The highest BCUT2D eigenvalue weighted by Crippen LogP contribution is 2.25. The summed E-state index contributed by atoms with van der Waals surface area (Å²) in [6.07, 6.45) is 1.79. The maximum atomic E-state index is 12.1. The van der Waals surface area contributed by atoms with Crippen molar-refractivity contribution in [2.45, 2.75) is 0 Å². The fourth-order valence-corrected chi connectivity index (χ4v) is 2.77. The third-order valence-corrected chi connectivity index (χ3v) is 4.31. The average Bonchev–Trinajstić information content (AvgIpc) is 2.68. The SMILES string of the molecule is COc1ccccc1OCC(=O)Nc1ccc(N2CCN(C)CC2)cn1. The lowest BCUT2D eigenvalue weighted by Gasteiger charge is -2.33. The van der Waals surface area contributed by atoms with Crippen molar-refractivity contribution in [3.63, 3.8) is 0 Å². The zero-order chi connectivity index (χ0) is 18.4. The second-order valence-electron chi connectivity index (χ2n) is 6.18. The molecule has 0 aliphatic carbocycles. The van der Waals surface area contributed by atoms with E-state index in [1.165, 1.54) is 0 Å². The summed E-state index contributed by atoms with van der Waals surface area (Å²) in [5.74, 6) is 1.37. The first-order valence-corrected chi connectivity index (χ1v) is 8.61. The molecule has 1 aliphatic heterocycles. The molecule has 0 saturated carbocycles. The second kappa shape index (κ2) is 8.53. The summed E-state index contributed by atoms with van der Waals surface area (Å²) in [7, 11) is 3.69. The molecule has 2 heterocycles. The molecule has 1 aliphatic rings. The van der Waals surface area contributed by atoms with Gasteiger partial charge in [-0.1, -0.05) is 12.1 Å². The highest BCUT2D eigenvalue weighted by molar-refractivity contribution is 5.91. The number of rotatable bonds is 6. The van der Waals surface area contributed by atoms with Gasteiger partial charge in [-0.15, -0.1) is 0 Å². The Bertz CT molecular complexity index is 728. The normalized spacial score (nSPS) is 14.8. The largest absolute Gasteiger partial charge is 0.493 e. The highest BCUT2D eigenvalue weighted by Gasteiger charge is 2.14. The number of benzene rings is 1. The summed E-state index contributed by atoms with van der Waals surface area (Å²) in [5.41, 5.74) is 1.07. The van der Waals surface area contributed by atoms with Gasteiger partial charge < -0.3 is 24.6 Å². The Labute approximate surface area is 153 Å². The van der Waals surface area contributed by atoms with E-state index in [-0.39, 0.29) is 12.5 Å². The molecule has 0 bridgehead atoms. The molecule has 1 amide bonds. The number of piperazine rings is 1. The quantitative estimate of drug-likeness (QED) is 0.852. The first kappa shape index (κ1) is 18.0. The van der Waals surface area contributed by atoms with E-state index in [0.29, 0.717) is 17.3 Å². The minimum Gasteiger partial charge on any atom is -0.493 e. The molecule has 7 heteroatoms. The van der Waals surface area contributed by atoms with E-state index >= 15 is 0 Å². The number of pyridine rings is 1. The number of likely N-dealkylation sites (N-methyl/N-ethyl adjacent to an activating group) is 1. The second-order valence-corrected chi connectivity index (χ2v) is 6.18. The number of hydrogen-bond donors (Lipinski definition) is 1. The summed E-state index contributed by atoms with van der Waals surface area (Å²) >= 11 is 0. The summed E-state index contributed by atoms with van der Waals surface area (Å²) in [5, 5.41) is 2.74. The smallest absolute Gasteiger partial charge is 0.263 e. The van der Waals surface area contributed by atoms with Gasteiger partial charge in [-0.05, 0) is 31.3 Å². The van der Waals surface area contributed by atoms with Gasteiger partial charge in [0.1, 0.15) is 5.82 Å². The number of amides is 1. The first-order chi connectivity index (χ1) is 12.7. The van der Waals surface area contributed by atoms with Gasteiger partial charge in [0.05, 0.1) is 19.0 Å². The van der Waals surface area contributed by atoms with Crippen molar-refractivity contribution in [1.82, 2.24) is 9.88 Å². The maximum absolute atomic E-state index is 12.1.